The standard InChI is InChI=1S/C26H34NO4/c1-5-24(2)16-13-21-18(17-24)7-12-22-25(21,3)14-6-15-26(22,4)23(28)31-20-10-8-19(9-11-20)27(29)30/h5,8-11,17,21-22,29H,1,6-7,12-16H2,2-4H3/q-1. The Hall–Kier alpha value is -2.11. The molecule has 2 saturated carbocycles. The molecule has 5 unspecified atom stereocenters. The highest BCUT2D eigenvalue weighted by atomic mass is 16.8. The van der Waals surface area contributed by atoms with E-state index in [1.54, 1.807) is 17.7 Å². The van der Waals surface area contributed by atoms with Gasteiger partial charge in [-0.05, 0) is 87.0 Å². The molecule has 4 rings (SSSR count). The average molecular weight is 425 g/mol. The Bertz CT molecular complexity index is 891. The van der Waals surface area contributed by atoms with Crippen LogP contribution in [0, 0.1) is 33.3 Å². The van der Waals surface area contributed by atoms with E-state index in [9.17, 15) is 10.0 Å². The van der Waals surface area contributed by atoms with Crippen LogP contribution in [0.25, 0.3) is 0 Å². The van der Waals surface area contributed by atoms with E-state index >= 15 is 0 Å². The lowest BCUT2D eigenvalue weighted by molar-refractivity contribution is -0.161. The number of anilines is 1. The van der Waals surface area contributed by atoms with Crippen LogP contribution in [-0.4, -0.2) is 11.2 Å². The normalized spacial score (nSPS) is 37.1. The summed E-state index contributed by atoms with van der Waals surface area (Å²) in [5, 5.41) is 19.8. The Morgan fingerprint density at radius 3 is 2.55 bits per heavy atom. The molecule has 3 aliphatic carbocycles. The maximum atomic E-state index is 13.4. The van der Waals surface area contributed by atoms with E-state index in [1.807, 2.05) is 0 Å². The predicted octanol–water partition coefficient (Wildman–Crippen LogP) is 6.42. The Labute approximate surface area is 185 Å². The van der Waals surface area contributed by atoms with Crippen molar-refractivity contribution in [1.29, 1.82) is 0 Å². The van der Waals surface area contributed by atoms with Gasteiger partial charge in [0.15, 0.2) is 0 Å². The molecule has 5 heteroatoms. The lowest BCUT2D eigenvalue weighted by atomic mass is 9.45. The van der Waals surface area contributed by atoms with E-state index in [-0.39, 0.29) is 33.6 Å². The summed E-state index contributed by atoms with van der Waals surface area (Å²) in [6.45, 7) is 10.8. The van der Waals surface area contributed by atoms with Gasteiger partial charge in [0.25, 0.3) is 0 Å². The fraction of sp³-hybridized carbons (Fsp3) is 0.577. The molecule has 3 aliphatic rings. The number of rotatable bonds is 4. The van der Waals surface area contributed by atoms with Crippen molar-refractivity contribution in [2.75, 3.05) is 5.23 Å². The molecule has 0 aromatic heterocycles. The first-order chi connectivity index (χ1) is 14.6. The molecule has 0 spiro atoms. The first-order valence-electron chi connectivity index (χ1n) is 11.4. The third-order valence-electron chi connectivity index (χ3n) is 8.63. The molecule has 5 nitrogen and oxygen atoms in total. The Kier molecular flexibility index (Phi) is 5.55. The van der Waals surface area contributed by atoms with Gasteiger partial charge in [-0.15, -0.1) is 6.58 Å². The highest BCUT2D eigenvalue weighted by Gasteiger charge is 2.58. The van der Waals surface area contributed by atoms with Gasteiger partial charge >= 0.3 is 5.97 Å². The van der Waals surface area contributed by atoms with Crippen LogP contribution in [0.1, 0.15) is 65.7 Å². The van der Waals surface area contributed by atoms with Crippen molar-refractivity contribution in [2.24, 2.45) is 28.1 Å². The van der Waals surface area contributed by atoms with Crippen LogP contribution in [0.4, 0.5) is 5.69 Å². The van der Waals surface area contributed by atoms with E-state index in [0.717, 1.165) is 44.9 Å². The number of hydrogen-bond acceptors (Lipinski definition) is 5. The van der Waals surface area contributed by atoms with Crippen molar-refractivity contribution < 1.29 is 14.7 Å². The van der Waals surface area contributed by atoms with Crippen molar-refractivity contribution in [1.82, 2.24) is 0 Å². The van der Waals surface area contributed by atoms with Crippen LogP contribution < -0.4 is 9.96 Å². The zero-order valence-corrected chi connectivity index (χ0v) is 18.9. The number of hydrogen-bond donors (Lipinski definition) is 1. The van der Waals surface area contributed by atoms with Crippen LogP contribution in [-0.2, 0) is 4.79 Å². The van der Waals surface area contributed by atoms with Gasteiger partial charge in [-0.2, -0.15) is 0 Å². The Balaban J connectivity index is 1.58. The number of nitrogens with zero attached hydrogens (tertiary/aromatic N) is 1. The number of esters is 1. The topological polar surface area (TPSA) is 72.8 Å². The molecule has 168 valence electrons. The lowest BCUT2D eigenvalue weighted by Crippen LogP contribution is -2.55. The zero-order chi connectivity index (χ0) is 22.4. The van der Waals surface area contributed by atoms with Crippen molar-refractivity contribution >= 4 is 11.7 Å². The summed E-state index contributed by atoms with van der Waals surface area (Å²) in [5.74, 6) is 1.03. The van der Waals surface area contributed by atoms with Gasteiger partial charge in [0.1, 0.15) is 5.75 Å². The third kappa shape index (κ3) is 3.72. The molecule has 1 aromatic rings. The molecule has 1 N–H and O–H groups in total. The predicted molar refractivity (Wildman–Crippen MR) is 122 cm³/mol. The molecule has 0 bridgehead atoms. The lowest BCUT2D eigenvalue weighted by Gasteiger charge is -2.59. The Morgan fingerprint density at radius 1 is 1.19 bits per heavy atom. The van der Waals surface area contributed by atoms with Gasteiger partial charge in [-0.3, -0.25) is 10.0 Å². The smallest absolute Gasteiger partial charge is 0.317 e. The summed E-state index contributed by atoms with van der Waals surface area (Å²) in [4.78, 5) is 13.4. The monoisotopic (exact) mass is 424 g/mol. The highest BCUT2D eigenvalue weighted by Crippen LogP contribution is 2.64. The zero-order valence-electron chi connectivity index (χ0n) is 18.9. The molecule has 0 saturated heterocycles. The number of allylic oxidation sites excluding steroid dienone is 3. The molecule has 2 fully saturated rings. The van der Waals surface area contributed by atoms with Crippen molar-refractivity contribution in [3.8, 4) is 5.75 Å². The summed E-state index contributed by atoms with van der Waals surface area (Å²) in [6.07, 6.45) is 11.9. The van der Waals surface area contributed by atoms with Gasteiger partial charge < -0.3 is 15.2 Å². The number of carbonyl (C=O) groups is 1. The molecular formula is C26H34NO4-. The molecule has 0 radical (unpaired) electrons. The van der Waals surface area contributed by atoms with Gasteiger partial charge in [-0.25, -0.2) is 0 Å². The SMILES string of the molecule is C=CC1(C)C=C2CCC3C(C)(C(=O)Oc4ccc(N([O-])O)cc4)CCCC3(C)C2CC1. The fourth-order valence-corrected chi connectivity index (χ4v) is 6.80. The summed E-state index contributed by atoms with van der Waals surface area (Å²) < 4.78 is 5.80. The Morgan fingerprint density at radius 2 is 1.90 bits per heavy atom. The van der Waals surface area contributed by atoms with Crippen LogP contribution in [0.15, 0.2) is 48.6 Å². The summed E-state index contributed by atoms with van der Waals surface area (Å²) in [7, 11) is 0. The molecular weight excluding hydrogens is 390 g/mol. The van der Waals surface area contributed by atoms with Gasteiger partial charge in [0.05, 0.1) is 11.1 Å². The fourth-order valence-electron chi connectivity index (χ4n) is 6.80. The van der Waals surface area contributed by atoms with Crippen LogP contribution in [0.2, 0.25) is 0 Å². The minimum absolute atomic E-state index is 0.0896. The summed E-state index contributed by atoms with van der Waals surface area (Å²) in [5.41, 5.74) is 1.32. The van der Waals surface area contributed by atoms with Gasteiger partial charge in [0, 0.05) is 5.41 Å². The molecule has 31 heavy (non-hydrogen) atoms. The molecule has 0 amide bonds. The van der Waals surface area contributed by atoms with Crippen LogP contribution >= 0.6 is 0 Å². The van der Waals surface area contributed by atoms with E-state index in [2.05, 4.69) is 39.5 Å². The summed E-state index contributed by atoms with van der Waals surface area (Å²) in [6, 6.07) is 6.00. The number of ether oxygens (including phenoxy) is 1. The van der Waals surface area contributed by atoms with Crippen LogP contribution in [0.5, 0.6) is 5.75 Å². The number of benzene rings is 1. The van der Waals surface area contributed by atoms with Crippen LogP contribution in [0.3, 0.4) is 0 Å². The van der Waals surface area contributed by atoms with Crippen molar-refractivity contribution in [2.45, 2.75) is 65.7 Å². The maximum absolute atomic E-state index is 13.4. The van der Waals surface area contributed by atoms with E-state index in [1.165, 1.54) is 12.1 Å². The minimum Gasteiger partial charge on any atom is -0.733 e. The second kappa shape index (κ2) is 7.79. The first kappa shape index (κ1) is 22.1. The van der Waals surface area contributed by atoms with Crippen molar-refractivity contribution in [3.05, 3.63) is 53.8 Å². The second-order valence-electron chi connectivity index (χ2n) is 10.5. The van der Waals surface area contributed by atoms with E-state index < -0.39 is 5.41 Å². The largest absolute Gasteiger partial charge is 0.733 e. The molecule has 0 aliphatic heterocycles. The third-order valence-corrected chi connectivity index (χ3v) is 8.63. The second-order valence-corrected chi connectivity index (χ2v) is 10.5. The van der Waals surface area contributed by atoms with Gasteiger partial charge in [0.2, 0.25) is 0 Å². The van der Waals surface area contributed by atoms with E-state index in [0.29, 0.717) is 11.7 Å². The van der Waals surface area contributed by atoms with E-state index in [4.69, 9.17) is 9.94 Å². The molecule has 0 heterocycles. The van der Waals surface area contributed by atoms with Gasteiger partial charge in [-0.1, -0.05) is 38.0 Å². The number of fused-ring (bicyclic) bond motifs is 3. The first-order valence-corrected chi connectivity index (χ1v) is 11.4. The maximum Gasteiger partial charge on any atom is 0.317 e. The molecule has 1 aromatic carbocycles. The average Bonchev–Trinajstić information content (AvgIpc) is 2.73. The van der Waals surface area contributed by atoms with Crippen molar-refractivity contribution in [3.63, 3.8) is 0 Å². The highest BCUT2D eigenvalue weighted by molar-refractivity contribution is 5.79. The number of carbonyl (C=O) groups excluding carboxylic acids is 1. The summed E-state index contributed by atoms with van der Waals surface area (Å²) >= 11 is 0. The quantitative estimate of drug-likeness (QED) is 0.261. The molecule has 5 atom stereocenters. The minimum atomic E-state index is -0.530.